The number of aromatic nitrogens is 2. The highest BCUT2D eigenvalue weighted by atomic mass is 79.9. The second kappa shape index (κ2) is 5.26. The van der Waals surface area contributed by atoms with Gasteiger partial charge in [-0.3, -0.25) is 0 Å². The van der Waals surface area contributed by atoms with E-state index >= 15 is 0 Å². The van der Waals surface area contributed by atoms with Gasteiger partial charge in [0.25, 0.3) is 0 Å². The van der Waals surface area contributed by atoms with Crippen molar-refractivity contribution < 1.29 is 0 Å². The second-order valence-corrected chi connectivity index (χ2v) is 4.21. The van der Waals surface area contributed by atoms with Crippen LogP contribution in [0.5, 0.6) is 0 Å². The number of hydrogen-bond acceptors (Lipinski definition) is 5. The Bertz CT molecular complexity index is 669. The molecule has 2 aromatic rings. The number of benzene rings is 1. The van der Waals surface area contributed by atoms with E-state index in [2.05, 4.69) is 37.3 Å². The lowest BCUT2D eigenvalue weighted by atomic mass is 10.2. The van der Waals surface area contributed by atoms with Crippen molar-refractivity contribution in [1.29, 1.82) is 10.5 Å². The van der Waals surface area contributed by atoms with Gasteiger partial charge in [0.2, 0.25) is 0 Å². The molecule has 18 heavy (non-hydrogen) atoms. The van der Waals surface area contributed by atoms with Crippen LogP contribution in [0.15, 0.2) is 35.1 Å². The summed E-state index contributed by atoms with van der Waals surface area (Å²) in [6.45, 7) is 0. The summed E-state index contributed by atoms with van der Waals surface area (Å²) < 4.78 is 0.809. The maximum atomic E-state index is 9.04. The molecular formula is C12H6BrN5. The molecule has 0 atom stereocenters. The smallest absolute Gasteiger partial charge is 0.183 e. The summed E-state index contributed by atoms with van der Waals surface area (Å²) in [6.07, 6.45) is 2.92. The molecular weight excluding hydrogens is 294 g/mol. The molecule has 1 heterocycles. The Morgan fingerprint density at radius 3 is 2.61 bits per heavy atom. The molecule has 0 radical (unpaired) electrons. The van der Waals surface area contributed by atoms with E-state index in [0.717, 1.165) is 4.47 Å². The standard InChI is InChI=1S/C12H6BrN5/c13-9-1-2-10(8(5-9)6-14)18-12-11(7-15)16-3-4-17-12/h1-5H,(H,17,18). The van der Waals surface area contributed by atoms with Crippen LogP contribution in [0.3, 0.4) is 0 Å². The van der Waals surface area contributed by atoms with Crippen molar-refractivity contribution in [3.8, 4) is 12.1 Å². The van der Waals surface area contributed by atoms with E-state index in [1.54, 1.807) is 18.2 Å². The Hall–Kier alpha value is -2.44. The van der Waals surface area contributed by atoms with Crippen LogP contribution in [0.1, 0.15) is 11.3 Å². The average molecular weight is 300 g/mol. The zero-order valence-electron chi connectivity index (χ0n) is 9.05. The Kier molecular flexibility index (Phi) is 3.52. The third-order valence-corrected chi connectivity index (χ3v) is 2.65. The van der Waals surface area contributed by atoms with Gasteiger partial charge in [-0.2, -0.15) is 10.5 Å². The van der Waals surface area contributed by atoms with Gasteiger partial charge in [-0.05, 0) is 18.2 Å². The molecule has 0 aliphatic heterocycles. The molecule has 86 valence electrons. The van der Waals surface area contributed by atoms with Gasteiger partial charge in [-0.25, -0.2) is 9.97 Å². The molecule has 0 saturated heterocycles. The zero-order valence-corrected chi connectivity index (χ0v) is 10.6. The number of hydrogen-bond donors (Lipinski definition) is 1. The van der Waals surface area contributed by atoms with Crippen LogP contribution in [0.25, 0.3) is 0 Å². The van der Waals surface area contributed by atoms with Crippen molar-refractivity contribution in [2.75, 3.05) is 5.32 Å². The molecule has 2 rings (SSSR count). The van der Waals surface area contributed by atoms with Crippen LogP contribution >= 0.6 is 15.9 Å². The average Bonchev–Trinajstić information content (AvgIpc) is 2.41. The molecule has 0 aliphatic rings. The van der Waals surface area contributed by atoms with Crippen molar-refractivity contribution in [3.63, 3.8) is 0 Å². The first kappa shape index (κ1) is 12.0. The summed E-state index contributed by atoms with van der Waals surface area (Å²) in [5.74, 6) is 0.332. The van der Waals surface area contributed by atoms with Crippen LogP contribution in [0.2, 0.25) is 0 Å². The van der Waals surface area contributed by atoms with Crippen LogP contribution in [0, 0.1) is 22.7 Å². The fraction of sp³-hybridized carbons (Fsp3) is 0. The zero-order chi connectivity index (χ0) is 13.0. The first-order valence-corrected chi connectivity index (χ1v) is 5.71. The Morgan fingerprint density at radius 1 is 1.11 bits per heavy atom. The maximum Gasteiger partial charge on any atom is 0.183 e. The van der Waals surface area contributed by atoms with Crippen molar-refractivity contribution in [1.82, 2.24) is 9.97 Å². The predicted molar refractivity (Wildman–Crippen MR) is 68.9 cm³/mol. The molecule has 0 amide bonds. The first-order valence-electron chi connectivity index (χ1n) is 4.92. The highest BCUT2D eigenvalue weighted by Crippen LogP contribution is 2.23. The van der Waals surface area contributed by atoms with Crippen LogP contribution in [-0.4, -0.2) is 9.97 Å². The van der Waals surface area contributed by atoms with Gasteiger partial charge in [0.1, 0.15) is 12.1 Å². The van der Waals surface area contributed by atoms with Gasteiger partial charge in [0.15, 0.2) is 11.5 Å². The normalized spacial score (nSPS) is 9.28. The van der Waals surface area contributed by atoms with Crippen LogP contribution in [0.4, 0.5) is 11.5 Å². The van der Waals surface area contributed by atoms with Gasteiger partial charge in [0.05, 0.1) is 11.3 Å². The minimum absolute atomic E-state index is 0.185. The molecule has 6 heteroatoms. The molecule has 0 spiro atoms. The van der Waals surface area contributed by atoms with E-state index in [1.807, 2.05) is 6.07 Å². The molecule has 1 aromatic heterocycles. The molecule has 0 bridgehead atoms. The van der Waals surface area contributed by atoms with Gasteiger partial charge >= 0.3 is 0 Å². The van der Waals surface area contributed by atoms with Gasteiger partial charge in [0, 0.05) is 16.9 Å². The fourth-order valence-electron chi connectivity index (χ4n) is 1.36. The summed E-state index contributed by atoms with van der Waals surface area (Å²) in [4.78, 5) is 7.91. The summed E-state index contributed by atoms with van der Waals surface area (Å²) in [7, 11) is 0. The van der Waals surface area contributed by atoms with Crippen molar-refractivity contribution in [2.24, 2.45) is 0 Å². The number of nitrogens with zero attached hydrogens (tertiary/aromatic N) is 4. The summed E-state index contributed by atoms with van der Waals surface area (Å²) in [5.41, 5.74) is 1.22. The van der Waals surface area contributed by atoms with Crippen molar-refractivity contribution in [2.45, 2.75) is 0 Å². The molecule has 0 fully saturated rings. The SMILES string of the molecule is N#Cc1cc(Br)ccc1Nc1nccnc1C#N. The summed E-state index contributed by atoms with van der Waals surface area (Å²) in [5, 5.41) is 20.9. The minimum atomic E-state index is 0.185. The lowest BCUT2D eigenvalue weighted by Crippen LogP contribution is -2.00. The number of rotatable bonds is 2. The fourth-order valence-corrected chi connectivity index (χ4v) is 1.72. The quantitative estimate of drug-likeness (QED) is 0.921. The predicted octanol–water partition coefficient (Wildman–Crippen LogP) is 2.73. The van der Waals surface area contributed by atoms with E-state index in [-0.39, 0.29) is 5.69 Å². The molecule has 0 aliphatic carbocycles. The van der Waals surface area contributed by atoms with Gasteiger partial charge in [-0.1, -0.05) is 15.9 Å². The first-order chi connectivity index (χ1) is 8.74. The van der Waals surface area contributed by atoms with E-state index in [1.165, 1.54) is 12.4 Å². The van der Waals surface area contributed by atoms with Crippen molar-refractivity contribution in [3.05, 3.63) is 46.3 Å². The highest BCUT2D eigenvalue weighted by molar-refractivity contribution is 9.10. The molecule has 0 saturated carbocycles. The molecule has 1 aromatic carbocycles. The number of nitrogens with one attached hydrogen (secondary N) is 1. The van der Waals surface area contributed by atoms with E-state index in [4.69, 9.17) is 10.5 Å². The molecule has 5 nitrogen and oxygen atoms in total. The van der Waals surface area contributed by atoms with Crippen molar-refractivity contribution >= 4 is 27.4 Å². The van der Waals surface area contributed by atoms with E-state index in [9.17, 15) is 0 Å². The number of anilines is 2. The lowest BCUT2D eigenvalue weighted by Gasteiger charge is -2.08. The summed E-state index contributed by atoms with van der Waals surface area (Å²) in [6, 6.07) is 9.22. The van der Waals surface area contributed by atoms with E-state index < -0.39 is 0 Å². The third-order valence-electron chi connectivity index (χ3n) is 2.16. The largest absolute Gasteiger partial charge is 0.337 e. The topological polar surface area (TPSA) is 85.4 Å². The van der Waals surface area contributed by atoms with E-state index in [0.29, 0.717) is 17.1 Å². The van der Waals surface area contributed by atoms with Crippen LogP contribution in [-0.2, 0) is 0 Å². The Balaban J connectivity index is 2.41. The lowest BCUT2D eigenvalue weighted by molar-refractivity contribution is 1.16. The monoisotopic (exact) mass is 299 g/mol. The number of nitriles is 2. The Morgan fingerprint density at radius 2 is 1.89 bits per heavy atom. The molecule has 1 N–H and O–H groups in total. The van der Waals surface area contributed by atoms with Gasteiger partial charge < -0.3 is 5.32 Å². The number of halogens is 1. The maximum absolute atomic E-state index is 9.04. The van der Waals surface area contributed by atoms with Crippen LogP contribution < -0.4 is 5.32 Å². The Labute approximate surface area is 112 Å². The highest BCUT2D eigenvalue weighted by Gasteiger charge is 2.08. The third kappa shape index (κ3) is 2.45. The summed E-state index contributed by atoms with van der Waals surface area (Å²) >= 11 is 3.29. The minimum Gasteiger partial charge on any atom is -0.337 e. The van der Waals surface area contributed by atoms with Gasteiger partial charge in [-0.15, -0.1) is 0 Å². The second-order valence-electron chi connectivity index (χ2n) is 3.29. The molecule has 0 unspecified atom stereocenters.